The van der Waals surface area contributed by atoms with Gasteiger partial charge in [0.25, 0.3) is 0 Å². The SMILES string of the molecule is COCCCSc1cccc(C(=N)N)n1. The van der Waals surface area contributed by atoms with Crippen LogP contribution in [-0.2, 0) is 4.74 Å². The van der Waals surface area contributed by atoms with E-state index in [1.54, 1.807) is 24.9 Å². The molecule has 15 heavy (non-hydrogen) atoms. The number of thioether (sulfide) groups is 1. The van der Waals surface area contributed by atoms with Crippen molar-refractivity contribution in [3.63, 3.8) is 0 Å². The van der Waals surface area contributed by atoms with Crippen molar-refractivity contribution in [2.45, 2.75) is 11.4 Å². The number of nitrogens with two attached hydrogens (primary N) is 1. The number of aromatic nitrogens is 1. The van der Waals surface area contributed by atoms with Gasteiger partial charge < -0.3 is 10.5 Å². The summed E-state index contributed by atoms with van der Waals surface area (Å²) in [6, 6.07) is 5.52. The maximum absolute atomic E-state index is 7.26. The number of nitrogens with one attached hydrogen (secondary N) is 1. The van der Waals surface area contributed by atoms with Crippen LogP contribution in [0.2, 0.25) is 0 Å². The summed E-state index contributed by atoms with van der Waals surface area (Å²) in [6.45, 7) is 0.763. The summed E-state index contributed by atoms with van der Waals surface area (Å²) in [7, 11) is 1.69. The molecule has 82 valence electrons. The van der Waals surface area contributed by atoms with Crippen LogP contribution in [0.15, 0.2) is 23.2 Å². The van der Waals surface area contributed by atoms with Crippen LogP contribution in [0.1, 0.15) is 12.1 Å². The van der Waals surface area contributed by atoms with Crippen LogP contribution in [0.4, 0.5) is 0 Å². The van der Waals surface area contributed by atoms with Crippen molar-refractivity contribution in [2.75, 3.05) is 19.5 Å². The van der Waals surface area contributed by atoms with Crippen molar-refractivity contribution in [3.8, 4) is 0 Å². The molecule has 3 N–H and O–H groups in total. The Balaban J connectivity index is 2.47. The molecule has 0 aromatic carbocycles. The molecule has 0 bridgehead atoms. The fourth-order valence-corrected chi connectivity index (χ4v) is 1.83. The minimum absolute atomic E-state index is 0.00865. The number of nitrogen functional groups attached to an aromatic ring is 1. The van der Waals surface area contributed by atoms with Gasteiger partial charge >= 0.3 is 0 Å². The number of amidine groups is 1. The lowest BCUT2D eigenvalue weighted by molar-refractivity contribution is 0.200. The minimum Gasteiger partial charge on any atom is -0.385 e. The highest BCUT2D eigenvalue weighted by atomic mass is 32.2. The van der Waals surface area contributed by atoms with E-state index < -0.39 is 0 Å². The van der Waals surface area contributed by atoms with Crippen LogP contribution < -0.4 is 5.73 Å². The van der Waals surface area contributed by atoms with E-state index in [0.717, 1.165) is 23.8 Å². The predicted molar refractivity (Wildman–Crippen MR) is 62.5 cm³/mol. The molecule has 0 aliphatic heterocycles. The Morgan fingerprint density at radius 2 is 2.40 bits per heavy atom. The Bertz CT molecular complexity index is 330. The second-order valence-electron chi connectivity index (χ2n) is 2.97. The molecule has 0 aliphatic carbocycles. The maximum atomic E-state index is 7.26. The van der Waals surface area contributed by atoms with E-state index in [9.17, 15) is 0 Å². The van der Waals surface area contributed by atoms with Gasteiger partial charge in [0.15, 0.2) is 0 Å². The molecule has 0 aliphatic rings. The Hall–Kier alpha value is -1.07. The zero-order chi connectivity index (χ0) is 11.1. The monoisotopic (exact) mass is 225 g/mol. The predicted octanol–water partition coefficient (Wildman–Crippen LogP) is 1.49. The molecule has 1 rings (SSSR count). The van der Waals surface area contributed by atoms with Gasteiger partial charge in [-0.1, -0.05) is 6.07 Å². The quantitative estimate of drug-likeness (QED) is 0.333. The van der Waals surface area contributed by atoms with Crippen LogP contribution in [0.25, 0.3) is 0 Å². The lowest BCUT2D eigenvalue weighted by Crippen LogP contribution is -2.13. The highest BCUT2D eigenvalue weighted by Gasteiger charge is 2.00. The van der Waals surface area contributed by atoms with E-state index in [1.807, 2.05) is 12.1 Å². The average molecular weight is 225 g/mol. The largest absolute Gasteiger partial charge is 0.385 e. The Labute approximate surface area is 93.7 Å². The number of hydrogen-bond donors (Lipinski definition) is 2. The Morgan fingerprint density at radius 1 is 1.60 bits per heavy atom. The number of nitrogens with zero attached hydrogens (tertiary/aromatic N) is 1. The summed E-state index contributed by atoms with van der Waals surface area (Å²) in [5.74, 6) is 0.969. The molecule has 0 saturated carbocycles. The summed E-state index contributed by atoms with van der Waals surface area (Å²) in [4.78, 5) is 4.24. The van der Waals surface area contributed by atoms with Crippen LogP contribution in [0.5, 0.6) is 0 Å². The molecular formula is C10H15N3OS. The van der Waals surface area contributed by atoms with Gasteiger partial charge in [0.1, 0.15) is 11.5 Å². The van der Waals surface area contributed by atoms with Gasteiger partial charge in [0.2, 0.25) is 0 Å². The van der Waals surface area contributed by atoms with E-state index >= 15 is 0 Å². The standard InChI is InChI=1S/C10H15N3OS/c1-14-6-3-7-15-9-5-2-4-8(13-9)10(11)12/h2,4-5H,3,6-7H2,1H3,(H3,11,12). The number of methoxy groups -OCH3 is 1. The zero-order valence-corrected chi connectivity index (χ0v) is 9.51. The van der Waals surface area contributed by atoms with Crippen molar-refractivity contribution < 1.29 is 4.74 Å². The lowest BCUT2D eigenvalue weighted by atomic mass is 10.3. The highest BCUT2D eigenvalue weighted by molar-refractivity contribution is 7.99. The number of rotatable bonds is 6. The van der Waals surface area contributed by atoms with Crippen molar-refractivity contribution in [1.29, 1.82) is 5.41 Å². The molecule has 1 heterocycles. The molecule has 0 spiro atoms. The first-order valence-electron chi connectivity index (χ1n) is 4.67. The second-order valence-corrected chi connectivity index (χ2v) is 4.08. The Kier molecular flexibility index (Phi) is 5.14. The third kappa shape index (κ3) is 4.31. The lowest BCUT2D eigenvalue weighted by Gasteiger charge is -2.02. The third-order valence-electron chi connectivity index (χ3n) is 1.74. The van der Waals surface area contributed by atoms with Crippen LogP contribution in [0.3, 0.4) is 0 Å². The molecule has 1 aromatic heterocycles. The van der Waals surface area contributed by atoms with Crippen molar-refractivity contribution in [2.24, 2.45) is 5.73 Å². The smallest absolute Gasteiger partial charge is 0.141 e. The molecule has 0 radical (unpaired) electrons. The van der Waals surface area contributed by atoms with Gasteiger partial charge in [-0.25, -0.2) is 4.98 Å². The van der Waals surface area contributed by atoms with E-state index in [1.165, 1.54) is 0 Å². The van der Waals surface area contributed by atoms with Gasteiger partial charge in [-0.3, -0.25) is 5.41 Å². The number of ether oxygens (including phenoxy) is 1. The normalized spacial score (nSPS) is 10.2. The summed E-state index contributed by atoms with van der Waals surface area (Å²) < 4.78 is 4.95. The van der Waals surface area contributed by atoms with Gasteiger partial charge in [0.05, 0.1) is 5.03 Å². The fraction of sp³-hybridized carbons (Fsp3) is 0.400. The molecule has 4 nitrogen and oxygen atoms in total. The Morgan fingerprint density at radius 3 is 3.07 bits per heavy atom. The van der Waals surface area contributed by atoms with Gasteiger partial charge in [-0.2, -0.15) is 0 Å². The third-order valence-corrected chi connectivity index (χ3v) is 2.76. The number of pyridine rings is 1. The van der Waals surface area contributed by atoms with Gasteiger partial charge in [-0.15, -0.1) is 11.8 Å². The topological polar surface area (TPSA) is 72.0 Å². The van der Waals surface area contributed by atoms with Crippen LogP contribution in [-0.4, -0.2) is 30.3 Å². The van der Waals surface area contributed by atoms with Crippen LogP contribution in [0, 0.1) is 5.41 Å². The summed E-state index contributed by atoms with van der Waals surface area (Å²) in [5, 5.41) is 8.16. The summed E-state index contributed by atoms with van der Waals surface area (Å²) >= 11 is 1.65. The summed E-state index contributed by atoms with van der Waals surface area (Å²) in [5.41, 5.74) is 5.88. The zero-order valence-electron chi connectivity index (χ0n) is 8.69. The van der Waals surface area contributed by atoms with Gasteiger partial charge in [-0.05, 0) is 18.6 Å². The molecule has 0 atom stereocenters. The first-order chi connectivity index (χ1) is 7.24. The van der Waals surface area contributed by atoms with Crippen molar-refractivity contribution in [1.82, 2.24) is 4.98 Å². The van der Waals surface area contributed by atoms with E-state index in [4.69, 9.17) is 15.9 Å². The molecule has 0 saturated heterocycles. The van der Waals surface area contributed by atoms with Crippen LogP contribution >= 0.6 is 11.8 Å². The minimum atomic E-state index is 0.00865. The van der Waals surface area contributed by atoms with E-state index in [2.05, 4.69) is 4.98 Å². The van der Waals surface area contributed by atoms with E-state index in [0.29, 0.717) is 5.69 Å². The number of hydrogen-bond acceptors (Lipinski definition) is 4. The van der Waals surface area contributed by atoms with E-state index in [-0.39, 0.29) is 5.84 Å². The maximum Gasteiger partial charge on any atom is 0.141 e. The molecule has 5 heteroatoms. The fourth-order valence-electron chi connectivity index (χ4n) is 1.03. The molecule has 0 fully saturated rings. The molecular weight excluding hydrogens is 210 g/mol. The highest BCUT2D eigenvalue weighted by Crippen LogP contribution is 2.16. The molecule has 1 aromatic rings. The molecule has 0 unspecified atom stereocenters. The second kappa shape index (κ2) is 6.42. The van der Waals surface area contributed by atoms with Crippen molar-refractivity contribution in [3.05, 3.63) is 23.9 Å². The summed E-state index contributed by atoms with van der Waals surface area (Å²) in [6.07, 6.45) is 0.993. The first-order valence-corrected chi connectivity index (χ1v) is 5.66. The average Bonchev–Trinajstić information content (AvgIpc) is 2.25. The first kappa shape index (κ1) is 12.0. The van der Waals surface area contributed by atoms with Gasteiger partial charge in [0, 0.05) is 19.5 Å². The van der Waals surface area contributed by atoms with Crippen molar-refractivity contribution >= 4 is 17.6 Å². The molecule has 0 amide bonds.